The second kappa shape index (κ2) is 7.09. The number of likely N-dealkylation sites (tertiary alicyclic amines) is 1. The van der Waals surface area contributed by atoms with Crippen LogP contribution in [0.4, 0.5) is 23.7 Å². The minimum absolute atomic E-state index is 0.222. The Morgan fingerprint density at radius 1 is 1.22 bits per heavy atom. The third kappa shape index (κ3) is 3.69. The van der Waals surface area contributed by atoms with Gasteiger partial charge in [-0.15, -0.1) is 0 Å². The van der Waals surface area contributed by atoms with E-state index >= 15 is 0 Å². The number of halogens is 3. The Morgan fingerprint density at radius 3 is 2.59 bits per heavy atom. The molecule has 3 atom stereocenters. The number of amides is 3. The lowest BCUT2D eigenvalue weighted by Crippen LogP contribution is -2.59. The Hall–Kier alpha value is -2.78. The van der Waals surface area contributed by atoms with Crippen molar-refractivity contribution in [3.05, 3.63) is 29.8 Å². The van der Waals surface area contributed by atoms with Gasteiger partial charge in [0, 0.05) is 24.2 Å². The van der Waals surface area contributed by atoms with Crippen LogP contribution in [0.5, 0.6) is 0 Å². The molecule has 3 amide bonds. The van der Waals surface area contributed by atoms with E-state index in [1.54, 1.807) is 29.6 Å². The number of fused-ring (bicyclic) bond motifs is 1. The van der Waals surface area contributed by atoms with Crippen molar-refractivity contribution in [2.75, 3.05) is 11.9 Å². The molecule has 2 heterocycles. The van der Waals surface area contributed by atoms with E-state index in [-0.39, 0.29) is 6.54 Å². The highest BCUT2D eigenvalue weighted by atomic mass is 19.4. The molecule has 0 aromatic heterocycles. The molecule has 146 valence electrons. The van der Waals surface area contributed by atoms with Gasteiger partial charge in [-0.05, 0) is 30.9 Å². The smallest absolute Gasteiger partial charge is 0.465 e. The number of rotatable bonds is 2. The predicted octanol–water partition coefficient (Wildman–Crippen LogP) is 2.30. The van der Waals surface area contributed by atoms with Crippen molar-refractivity contribution < 1.29 is 32.7 Å². The monoisotopic (exact) mass is 385 g/mol. The van der Waals surface area contributed by atoms with Crippen LogP contribution in [0.15, 0.2) is 24.3 Å². The fourth-order valence-corrected chi connectivity index (χ4v) is 3.83. The summed E-state index contributed by atoms with van der Waals surface area (Å²) in [5, 5.41) is 13.8. The zero-order valence-corrected chi connectivity index (χ0v) is 14.1. The van der Waals surface area contributed by atoms with Gasteiger partial charge in [-0.1, -0.05) is 18.2 Å². The van der Waals surface area contributed by atoms with Crippen LogP contribution in [0, 0.1) is 0 Å². The standard InChI is InChI=1S/C17H18F3N3O4/c18-17(19,20)15(25)22-13-12(11-7-3-4-8-23(11)16(26)27)9-5-1-2-6-10(9)21-14(13)24/h1-2,5-6,11-13H,3-4,7-8H2,(H,21,24)(H,22,25)(H,26,27). The fourth-order valence-electron chi connectivity index (χ4n) is 3.83. The van der Waals surface area contributed by atoms with E-state index in [4.69, 9.17) is 0 Å². The van der Waals surface area contributed by atoms with Gasteiger partial charge in [-0.3, -0.25) is 9.59 Å². The van der Waals surface area contributed by atoms with Crippen LogP contribution in [0.25, 0.3) is 0 Å². The Labute approximate surface area is 152 Å². The summed E-state index contributed by atoms with van der Waals surface area (Å²) in [4.78, 5) is 36.8. The van der Waals surface area contributed by atoms with Crippen molar-refractivity contribution in [3.8, 4) is 0 Å². The van der Waals surface area contributed by atoms with Crippen LogP contribution in [0.3, 0.4) is 0 Å². The number of para-hydroxylation sites is 1. The van der Waals surface area contributed by atoms with E-state index in [0.29, 0.717) is 30.5 Å². The largest absolute Gasteiger partial charge is 0.471 e. The maximum Gasteiger partial charge on any atom is 0.471 e. The zero-order chi connectivity index (χ0) is 19.8. The van der Waals surface area contributed by atoms with Crippen LogP contribution >= 0.6 is 0 Å². The molecule has 2 aliphatic heterocycles. The number of nitrogens with zero attached hydrogens (tertiary/aromatic N) is 1. The van der Waals surface area contributed by atoms with E-state index in [1.807, 2.05) is 0 Å². The molecule has 0 bridgehead atoms. The molecule has 10 heteroatoms. The number of alkyl halides is 3. The van der Waals surface area contributed by atoms with E-state index in [1.165, 1.54) is 0 Å². The maximum atomic E-state index is 12.8. The summed E-state index contributed by atoms with van der Waals surface area (Å²) in [5.41, 5.74) is 0.906. The molecule has 3 rings (SSSR count). The minimum Gasteiger partial charge on any atom is -0.465 e. The Balaban J connectivity index is 2.04. The molecule has 27 heavy (non-hydrogen) atoms. The van der Waals surface area contributed by atoms with E-state index in [0.717, 1.165) is 4.90 Å². The second-order valence-electron chi connectivity index (χ2n) is 6.59. The lowest BCUT2D eigenvalue weighted by Gasteiger charge is -2.44. The molecule has 1 aromatic rings. The number of hydrogen-bond acceptors (Lipinski definition) is 3. The molecule has 0 aliphatic carbocycles. The number of carbonyl (C=O) groups excluding carboxylic acids is 2. The predicted molar refractivity (Wildman–Crippen MR) is 88.2 cm³/mol. The first kappa shape index (κ1) is 19.0. The summed E-state index contributed by atoms with van der Waals surface area (Å²) in [7, 11) is 0. The van der Waals surface area contributed by atoms with Crippen LogP contribution in [0.1, 0.15) is 30.7 Å². The topological polar surface area (TPSA) is 98.7 Å². The lowest BCUT2D eigenvalue weighted by atomic mass is 9.77. The second-order valence-corrected chi connectivity index (χ2v) is 6.59. The summed E-state index contributed by atoms with van der Waals surface area (Å²) in [5.74, 6) is -3.95. The molecule has 0 radical (unpaired) electrons. The highest BCUT2D eigenvalue weighted by Crippen LogP contribution is 2.40. The van der Waals surface area contributed by atoms with Gasteiger partial charge in [-0.25, -0.2) is 4.79 Å². The summed E-state index contributed by atoms with van der Waals surface area (Å²) >= 11 is 0. The Kier molecular flexibility index (Phi) is 4.99. The SMILES string of the molecule is O=C1Nc2ccccc2C(C2CCCCN2C(=O)O)C1NC(=O)C(F)(F)F. The summed E-state index contributed by atoms with van der Waals surface area (Å²) < 4.78 is 38.3. The molecule has 7 nitrogen and oxygen atoms in total. The van der Waals surface area contributed by atoms with Gasteiger partial charge in [0.1, 0.15) is 6.04 Å². The lowest BCUT2D eigenvalue weighted by molar-refractivity contribution is -0.175. The molecule has 0 saturated carbocycles. The Bertz CT molecular complexity index is 768. The van der Waals surface area contributed by atoms with Gasteiger partial charge >= 0.3 is 18.2 Å². The third-order valence-corrected chi connectivity index (χ3v) is 4.97. The van der Waals surface area contributed by atoms with Crippen molar-refractivity contribution in [1.29, 1.82) is 0 Å². The number of hydrogen-bond donors (Lipinski definition) is 3. The van der Waals surface area contributed by atoms with Gasteiger partial charge in [0.05, 0.1) is 0 Å². The van der Waals surface area contributed by atoms with Gasteiger partial charge < -0.3 is 20.6 Å². The van der Waals surface area contributed by atoms with E-state index in [9.17, 15) is 32.7 Å². The van der Waals surface area contributed by atoms with Crippen molar-refractivity contribution in [3.63, 3.8) is 0 Å². The first-order valence-corrected chi connectivity index (χ1v) is 8.47. The number of carbonyl (C=O) groups is 3. The van der Waals surface area contributed by atoms with E-state index < -0.39 is 42.1 Å². The summed E-state index contributed by atoms with van der Waals surface area (Å²) in [6.45, 7) is 0.222. The minimum atomic E-state index is -5.15. The quantitative estimate of drug-likeness (QED) is 0.728. The van der Waals surface area contributed by atoms with E-state index in [2.05, 4.69) is 5.32 Å². The number of nitrogens with one attached hydrogen (secondary N) is 2. The highest BCUT2D eigenvalue weighted by Gasteiger charge is 2.48. The number of carboxylic acid groups (broad SMARTS) is 1. The van der Waals surface area contributed by atoms with Crippen LogP contribution in [-0.4, -0.2) is 52.7 Å². The van der Waals surface area contributed by atoms with Gasteiger partial charge in [-0.2, -0.15) is 13.2 Å². The van der Waals surface area contributed by atoms with Crippen molar-refractivity contribution in [2.45, 2.75) is 43.4 Å². The molecular formula is C17H18F3N3O4. The zero-order valence-electron chi connectivity index (χ0n) is 14.1. The average Bonchev–Trinajstić information content (AvgIpc) is 2.61. The van der Waals surface area contributed by atoms with Crippen LogP contribution < -0.4 is 10.6 Å². The highest BCUT2D eigenvalue weighted by molar-refractivity contribution is 6.01. The van der Waals surface area contributed by atoms with Crippen LogP contribution in [0.2, 0.25) is 0 Å². The maximum absolute atomic E-state index is 12.8. The van der Waals surface area contributed by atoms with Gasteiger partial charge in [0.2, 0.25) is 5.91 Å². The van der Waals surface area contributed by atoms with Crippen molar-refractivity contribution in [2.24, 2.45) is 0 Å². The molecule has 3 unspecified atom stereocenters. The van der Waals surface area contributed by atoms with Crippen molar-refractivity contribution in [1.82, 2.24) is 10.2 Å². The molecule has 1 aromatic carbocycles. The first-order chi connectivity index (χ1) is 12.7. The molecule has 2 aliphatic rings. The average molecular weight is 385 g/mol. The normalized spacial score (nSPS) is 25.4. The molecule has 1 saturated heterocycles. The number of benzene rings is 1. The molecular weight excluding hydrogens is 367 g/mol. The number of piperidine rings is 1. The molecule has 1 fully saturated rings. The number of anilines is 1. The van der Waals surface area contributed by atoms with Gasteiger partial charge in [0.15, 0.2) is 0 Å². The fraction of sp³-hybridized carbons (Fsp3) is 0.471. The Morgan fingerprint density at radius 2 is 1.93 bits per heavy atom. The summed E-state index contributed by atoms with van der Waals surface area (Å²) in [6.07, 6.45) is -4.67. The molecule has 0 spiro atoms. The summed E-state index contributed by atoms with van der Waals surface area (Å²) in [6, 6.07) is 4.28. The van der Waals surface area contributed by atoms with Crippen LogP contribution in [-0.2, 0) is 9.59 Å². The molecule has 3 N–H and O–H groups in total. The van der Waals surface area contributed by atoms with Crippen molar-refractivity contribution >= 4 is 23.6 Å². The first-order valence-electron chi connectivity index (χ1n) is 8.47. The third-order valence-electron chi connectivity index (χ3n) is 4.97. The van der Waals surface area contributed by atoms with Gasteiger partial charge in [0.25, 0.3) is 0 Å².